The van der Waals surface area contributed by atoms with Gasteiger partial charge in [0.25, 0.3) is 0 Å². The van der Waals surface area contributed by atoms with Crippen LogP contribution in [0.25, 0.3) is 5.32 Å². The van der Waals surface area contributed by atoms with E-state index in [1.54, 1.807) is 11.8 Å². The summed E-state index contributed by atoms with van der Waals surface area (Å²) in [5, 5.41) is 4.59. The van der Waals surface area contributed by atoms with E-state index in [-0.39, 0.29) is 0 Å². The molecular formula is C12H8ClCoNS. The van der Waals surface area contributed by atoms with E-state index in [2.05, 4.69) is 66.7 Å². The van der Waals surface area contributed by atoms with Gasteiger partial charge in [-0.25, -0.2) is 0 Å². The Morgan fingerprint density at radius 2 is 1.25 bits per heavy atom. The summed E-state index contributed by atoms with van der Waals surface area (Å²) in [5.41, 5.74) is 2.16. The SMILES string of the molecule is [Cl][Co+].c1ccc2c(c1)[N-]c1ccccc1S2. The van der Waals surface area contributed by atoms with Crippen LogP contribution in [0.1, 0.15) is 0 Å². The van der Waals surface area contributed by atoms with Crippen LogP contribution < -0.4 is 0 Å². The molecule has 0 amide bonds. The number of hydrogen-bond donors (Lipinski definition) is 0. The molecule has 1 nitrogen and oxygen atoms in total. The van der Waals surface area contributed by atoms with Gasteiger partial charge in [0.1, 0.15) is 0 Å². The smallest absolute Gasteiger partial charge is 0.00255 e. The molecule has 1 aliphatic heterocycles. The Kier molecular flexibility index (Phi) is 4.18. The Morgan fingerprint density at radius 3 is 1.75 bits per heavy atom. The summed E-state index contributed by atoms with van der Waals surface area (Å²) in [6, 6.07) is 16.5. The first-order valence-corrected chi connectivity index (χ1v) is 6.89. The van der Waals surface area contributed by atoms with Crippen molar-refractivity contribution in [3.63, 3.8) is 0 Å². The van der Waals surface area contributed by atoms with Crippen molar-refractivity contribution in [1.82, 2.24) is 0 Å². The molecule has 1 heterocycles. The summed E-state index contributed by atoms with van der Waals surface area (Å²) in [4.78, 5) is 2.48. The number of rotatable bonds is 0. The van der Waals surface area contributed by atoms with Crippen LogP contribution in [-0.2, 0) is 14.8 Å². The fourth-order valence-corrected chi connectivity index (χ4v) is 2.49. The Balaban J connectivity index is 0.000000457. The number of benzene rings is 2. The Hall–Kier alpha value is -0.614. The van der Waals surface area contributed by atoms with E-state index in [0.717, 1.165) is 11.4 Å². The zero-order valence-corrected chi connectivity index (χ0v) is 10.8. The van der Waals surface area contributed by atoms with Gasteiger partial charge in [0.15, 0.2) is 0 Å². The van der Waals surface area contributed by atoms with Crippen LogP contribution in [0, 0.1) is 0 Å². The molecular weight excluding hydrogens is 285 g/mol. The van der Waals surface area contributed by atoms with E-state index in [4.69, 9.17) is 0 Å². The van der Waals surface area contributed by atoms with Gasteiger partial charge in [-0.2, -0.15) is 0 Å². The van der Waals surface area contributed by atoms with E-state index in [0.29, 0.717) is 0 Å². The Bertz CT molecular complexity index is 402. The molecule has 16 heavy (non-hydrogen) atoms. The van der Waals surface area contributed by atoms with Crippen LogP contribution in [0.3, 0.4) is 0 Å². The first-order valence-electron chi connectivity index (χ1n) is 4.64. The molecule has 2 aromatic carbocycles. The van der Waals surface area contributed by atoms with Crippen LogP contribution in [0.15, 0.2) is 58.3 Å². The summed E-state index contributed by atoms with van der Waals surface area (Å²) in [6.45, 7) is 0. The summed E-state index contributed by atoms with van der Waals surface area (Å²) in [5.74, 6) is 0. The minimum Gasteiger partial charge on any atom is -0.656 e. The van der Waals surface area contributed by atoms with Crippen molar-refractivity contribution in [3.8, 4) is 0 Å². The van der Waals surface area contributed by atoms with Gasteiger partial charge in [-0.15, -0.1) is 11.4 Å². The van der Waals surface area contributed by atoms with Gasteiger partial charge < -0.3 is 5.32 Å². The third kappa shape index (κ3) is 2.38. The van der Waals surface area contributed by atoms with Crippen LogP contribution >= 0.6 is 21.9 Å². The molecule has 1 aliphatic rings. The van der Waals surface area contributed by atoms with Crippen molar-refractivity contribution in [2.45, 2.75) is 9.79 Å². The molecule has 4 heteroatoms. The molecule has 0 aromatic heterocycles. The van der Waals surface area contributed by atoms with Crippen molar-refractivity contribution in [2.24, 2.45) is 0 Å². The van der Waals surface area contributed by atoms with Gasteiger partial charge >= 0.3 is 25.0 Å². The molecule has 0 bridgehead atoms. The molecule has 0 fully saturated rings. The van der Waals surface area contributed by atoms with Crippen LogP contribution in [0.2, 0.25) is 0 Å². The predicted octanol–water partition coefficient (Wildman–Crippen LogP) is 5.18. The molecule has 3 rings (SSSR count). The normalized spacial score (nSPS) is 11.4. The Labute approximate surface area is 111 Å². The third-order valence-electron chi connectivity index (χ3n) is 2.19. The molecule has 0 aliphatic carbocycles. The number of halogens is 1. The van der Waals surface area contributed by atoms with Gasteiger partial charge in [-0.1, -0.05) is 48.2 Å². The van der Waals surface area contributed by atoms with Crippen molar-refractivity contribution >= 4 is 33.3 Å². The standard InChI is InChI=1S/C12H8NS.ClH.Co/c1-3-7-11-9(5-1)13-10-6-2-4-8-12(10)14-11;;/h1-8H;1H;/q-1;;+2/p-1. The van der Waals surface area contributed by atoms with Crippen molar-refractivity contribution in [1.29, 1.82) is 0 Å². The molecule has 2 aromatic rings. The Morgan fingerprint density at radius 1 is 0.812 bits per heavy atom. The van der Waals surface area contributed by atoms with Gasteiger partial charge in [-0.05, 0) is 21.9 Å². The van der Waals surface area contributed by atoms with Gasteiger partial charge in [0.2, 0.25) is 0 Å². The second-order valence-corrected chi connectivity index (χ2v) is 4.23. The van der Waals surface area contributed by atoms with Crippen LogP contribution in [0.5, 0.6) is 0 Å². The average molecular weight is 293 g/mol. The second kappa shape index (κ2) is 5.64. The largest absolute Gasteiger partial charge is 0.656 e. The van der Waals surface area contributed by atoms with E-state index < -0.39 is 0 Å². The molecule has 0 saturated carbocycles. The number of fused-ring (bicyclic) bond motifs is 2. The van der Waals surface area contributed by atoms with Gasteiger partial charge in [-0.3, -0.25) is 0 Å². The van der Waals surface area contributed by atoms with E-state index in [1.165, 1.54) is 9.79 Å². The molecule has 0 N–H and O–H groups in total. The average Bonchev–Trinajstić information content (AvgIpc) is 2.38. The zero-order valence-electron chi connectivity index (χ0n) is 8.19. The summed E-state index contributed by atoms with van der Waals surface area (Å²) in [7, 11) is 4.33. The molecule has 83 valence electrons. The third-order valence-corrected chi connectivity index (χ3v) is 3.32. The molecule has 0 unspecified atom stereocenters. The first-order chi connectivity index (χ1) is 7.93. The minimum absolute atomic E-state index is 1.08. The molecule has 0 saturated heterocycles. The summed E-state index contributed by atoms with van der Waals surface area (Å²) in [6.07, 6.45) is 0. The fourth-order valence-electron chi connectivity index (χ4n) is 1.52. The molecule has 0 radical (unpaired) electrons. The van der Waals surface area contributed by atoms with Gasteiger partial charge in [0, 0.05) is 0 Å². The minimum atomic E-state index is 1.08. The summed E-state index contributed by atoms with van der Waals surface area (Å²) < 4.78 is 0. The van der Waals surface area contributed by atoms with Crippen LogP contribution in [0.4, 0.5) is 11.4 Å². The van der Waals surface area contributed by atoms with E-state index >= 15 is 0 Å². The van der Waals surface area contributed by atoms with Gasteiger partial charge in [0.05, 0.1) is 0 Å². The second-order valence-electron chi connectivity index (χ2n) is 3.15. The maximum Gasteiger partial charge on any atom is -0.00255 e. The monoisotopic (exact) mass is 292 g/mol. The number of para-hydroxylation sites is 2. The number of hydrogen-bond acceptors (Lipinski definition) is 1. The molecule has 0 spiro atoms. The maximum absolute atomic E-state index is 4.59. The summed E-state index contributed by atoms with van der Waals surface area (Å²) >= 11 is 4.82. The molecule has 0 atom stereocenters. The van der Waals surface area contributed by atoms with Crippen molar-refractivity contribution < 1.29 is 14.8 Å². The number of nitrogens with zero attached hydrogens (tertiary/aromatic N) is 1. The first kappa shape index (κ1) is 11.9. The fraction of sp³-hybridized carbons (Fsp3) is 0. The van der Waals surface area contributed by atoms with E-state index in [1.807, 2.05) is 12.1 Å². The topological polar surface area (TPSA) is 14.1 Å². The quantitative estimate of drug-likeness (QED) is 0.557. The van der Waals surface area contributed by atoms with Crippen LogP contribution in [-0.4, -0.2) is 0 Å². The predicted molar refractivity (Wildman–Crippen MR) is 65.5 cm³/mol. The van der Waals surface area contributed by atoms with Crippen molar-refractivity contribution in [2.75, 3.05) is 0 Å². The van der Waals surface area contributed by atoms with Crippen molar-refractivity contribution in [3.05, 3.63) is 53.8 Å². The zero-order chi connectivity index (χ0) is 11.4. The maximum atomic E-state index is 4.59. The van der Waals surface area contributed by atoms with E-state index in [9.17, 15) is 0 Å².